The lowest BCUT2D eigenvalue weighted by molar-refractivity contribution is 0.277. The van der Waals surface area contributed by atoms with Crippen molar-refractivity contribution in [1.82, 2.24) is 5.32 Å². The van der Waals surface area contributed by atoms with Gasteiger partial charge in [0, 0.05) is 12.1 Å². The monoisotopic (exact) mass is 179 g/mol. The van der Waals surface area contributed by atoms with Crippen LogP contribution < -0.4 is 5.32 Å². The fourth-order valence-electron chi connectivity index (χ4n) is 3.45. The summed E-state index contributed by atoms with van der Waals surface area (Å²) in [5.74, 6) is 2.20. The fourth-order valence-corrected chi connectivity index (χ4v) is 3.45. The smallest absolute Gasteiger partial charge is 0.00751 e. The molecule has 3 fully saturated rings. The number of hydrogen-bond donors (Lipinski definition) is 1. The summed E-state index contributed by atoms with van der Waals surface area (Å²) in [5, 5.41) is 3.81. The Morgan fingerprint density at radius 3 is 1.85 bits per heavy atom. The minimum atomic E-state index is 0.903. The molecule has 0 heterocycles. The molecule has 2 atom stereocenters. The Balaban J connectivity index is 1.55. The molecule has 0 spiro atoms. The minimum absolute atomic E-state index is 0.903. The van der Waals surface area contributed by atoms with E-state index in [4.69, 9.17) is 0 Å². The first-order valence-electron chi connectivity index (χ1n) is 6.18. The van der Waals surface area contributed by atoms with Gasteiger partial charge in [0.2, 0.25) is 0 Å². The van der Waals surface area contributed by atoms with Gasteiger partial charge in [-0.1, -0.05) is 25.7 Å². The predicted octanol–water partition coefficient (Wildman–Crippen LogP) is 2.71. The van der Waals surface area contributed by atoms with Crippen molar-refractivity contribution in [3.05, 3.63) is 0 Å². The van der Waals surface area contributed by atoms with Crippen LogP contribution in [0.2, 0.25) is 0 Å². The van der Waals surface area contributed by atoms with Gasteiger partial charge in [0.05, 0.1) is 0 Å². The van der Waals surface area contributed by atoms with Crippen LogP contribution in [0.5, 0.6) is 0 Å². The zero-order chi connectivity index (χ0) is 8.67. The number of hydrogen-bond acceptors (Lipinski definition) is 1. The lowest BCUT2D eigenvalue weighted by atomic mass is 9.82. The molecule has 2 unspecified atom stereocenters. The van der Waals surface area contributed by atoms with Crippen molar-refractivity contribution in [3.63, 3.8) is 0 Å². The molecule has 3 rings (SSSR count). The topological polar surface area (TPSA) is 12.0 Å². The van der Waals surface area contributed by atoms with Crippen LogP contribution in [0.1, 0.15) is 51.4 Å². The Bertz CT molecular complexity index is 172. The van der Waals surface area contributed by atoms with E-state index in [9.17, 15) is 0 Å². The van der Waals surface area contributed by atoms with Crippen molar-refractivity contribution in [2.24, 2.45) is 11.8 Å². The number of fused-ring (bicyclic) bond motifs is 1. The third kappa shape index (κ3) is 1.76. The molecule has 1 heteroatoms. The van der Waals surface area contributed by atoms with Crippen molar-refractivity contribution < 1.29 is 0 Å². The minimum Gasteiger partial charge on any atom is -0.311 e. The quantitative estimate of drug-likeness (QED) is 0.687. The van der Waals surface area contributed by atoms with E-state index in [1.54, 1.807) is 0 Å². The standard InChI is InChI=1S/C12H21N/c1-2-4-10-8-12(7-9(10)3-1)13-11-5-6-11/h9-13H,1-8H2. The molecule has 0 saturated heterocycles. The molecule has 0 aliphatic heterocycles. The maximum atomic E-state index is 3.81. The normalized spacial score (nSPS) is 44.8. The zero-order valence-electron chi connectivity index (χ0n) is 8.47. The van der Waals surface area contributed by atoms with E-state index in [1.807, 2.05) is 0 Å². The first kappa shape index (κ1) is 8.28. The molecule has 0 aromatic heterocycles. The predicted molar refractivity (Wildman–Crippen MR) is 54.6 cm³/mol. The molecular formula is C12H21N. The van der Waals surface area contributed by atoms with Crippen LogP contribution in [-0.2, 0) is 0 Å². The van der Waals surface area contributed by atoms with Crippen molar-refractivity contribution in [3.8, 4) is 0 Å². The second kappa shape index (κ2) is 3.27. The lowest BCUT2D eigenvalue weighted by Gasteiger charge is -2.24. The van der Waals surface area contributed by atoms with Gasteiger partial charge in [-0.3, -0.25) is 0 Å². The maximum Gasteiger partial charge on any atom is 0.00751 e. The van der Waals surface area contributed by atoms with Crippen LogP contribution in [0, 0.1) is 11.8 Å². The molecule has 0 aromatic rings. The van der Waals surface area contributed by atoms with Crippen molar-refractivity contribution >= 4 is 0 Å². The maximum absolute atomic E-state index is 3.81. The SMILES string of the molecule is C1CCC2CC(NC3CC3)CC2C1. The van der Waals surface area contributed by atoms with Gasteiger partial charge in [-0.25, -0.2) is 0 Å². The van der Waals surface area contributed by atoms with Crippen molar-refractivity contribution in [1.29, 1.82) is 0 Å². The highest BCUT2D eigenvalue weighted by molar-refractivity contribution is 4.93. The Hall–Kier alpha value is -0.0400. The highest BCUT2D eigenvalue weighted by Gasteiger charge is 2.37. The fraction of sp³-hybridized carbons (Fsp3) is 1.00. The van der Waals surface area contributed by atoms with Gasteiger partial charge in [-0.05, 0) is 37.5 Å². The van der Waals surface area contributed by atoms with Gasteiger partial charge < -0.3 is 5.32 Å². The van der Waals surface area contributed by atoms with Crippen LogP contribution in [0.4, 0.5) is 0 Å². The highest BCUT2D eigenvalue weighted by Crippen LogP contribution is 2.42. The molecule has 0 amide bonds. The molecule has 0 radical (unpaired) electrons. The van der Waals surface area contributed by atoms with E-state index in [2.05, 4.69) is 5.32 Å². The third-order valence-electron chi connectivity index (χ3n) is 4.29. The number of nitrogens with one attached hydrogen (secondary N) is 1. The van der Waals surface area contributed by atoms with Gasteiger partial charge in [0.25, 0.3) is 0 Å². The second-order valence-electron chi connectivity index (χ2n) is 5.41. The lowest BCUT2D eigenvalue weighted by Crippen LogP contribution is -2.28. The molecular weight excluding hydrogens is 158 g/mol. The third-order valence-corrected chi connectivity index (χ3v) is 4.29. The van der Waals surface area contributed by atoms with Gasteiger partial charge in [-0.2, -0.15) is 0 Å². The van der Waals surface area contributed by atoms with E-state index in [0.29, 0.717) is 0 Å². The number of rotatable bonds is 2. The van der Waals surface area contributed by atoms with E-state index in [-0.39, 0.29) is 0 Å². The summed E-state index contributed by atoms with van der Waals surface area (Å²) in [6.45, 7) is 0. The van der Waals surface area contributed by atoms with E-state index < -0.39 is 0 Å². The molecule has 1 nitrogen and oxygen atoms in total. The zero-order valence-corrected chi connectivity index (χ0v) is 8.47. The highest BCUT2D eigenvalue weighted by atomic mass is 15.0. The molecule has 3 aliphatic carbocycles. The van der Waals surface area contributed by atoms with Gasteiger partial charge in [-0.15, -0.1) is 0 Å². The van der Waals surface area contributed by atoms with Crippen LogP contribution in [0.3, 0.4) is 0 Å². The first-order chi connectivity index (χ1) is 6.42. The second-order valence-corrected chi connectivity index (χ2v) is 5.41. The van der Waals surface area contributed by atoms with Gasteiger partial charge in [0.15, 0.2) is 0 Å². The average molecular weight is 179 g/mol. The summed E-state index contributed by atoms with van der Waals surface area (Å²) < 4.78 is 0. The average Bonchev–Trinajstić information content (AvgIpc) is 2.85. The van der Waals surface area contributed by atoms with Crippen LogP contribution in [-0.4, -0.2) is 12.1 Å². The van der Waals surface area contributed by atoms with Crippen molar-refractivity contribution in [2.75, 3.05) is 0 Å². The molecule has 0 aromatic carbocycles. The Morgan fingerprint density at radius 2 is 1.31 bits per heavy atom. The molecule has 0 bridgehead atoms. The van der Waals surface area contributed by atoms with Crippen LogP contribution in [0.15, 0.2) is 0 Å². The molecule has 3 saturated carbocycles. The largest absolute Gasteiger partial charge is 0.311 e. The molecule has 13 heavy (non-hydrogen) atoms. The summed E-state index contributed by atoms with van der Waals surface area (Å²) in [7, 11) is 0. The summed E-state index contributed by atoms with van der Waals surface area (Å²) >= 11 is 0. The molecule has 3 aliphatic rings. The first-order valence-corrected chi connectivity index (χ1v) is 6.18. The summed E-state index contributed by atoms with van der Waals surface area (Å²) in [6.07, 6.45) is 12.0. The van der Waals surface area contributed by atoms with E-state index >= 15 is 0 Å². The summed E-state index contributed by atoms with van der Waals surface area (Å²) in [4.78, 5) is 0. The Labute approximate surface area is 81.3 Å². The van der Waals surface area contributed by atoms with Gasteiger partial charge >= 0.3 is 0 Å². The Morgan fingerprint density at radius 1 is 0.692 bits per heavy atom. The summed E-state index contributed by atoms with van der Waals surface area (Å²) in [5.41, 5.74) is 0. The van der Waals surface area contributed by atoms with Crippen LogP contribution in [0.25, 0.3) is 0 Å². The van der Waals surface area contributed by atoms with E-state index in [0.717, 1.165) is 23.9 Å². The molecule has 1 N–H and O–H groups in total. The summed E-state index contributed by atoms with van der Waals surface area (Å²) in [6, 6.07) is 1.82. The van der Waals surface area contributed by atoms with Crippen molar-refractivity contribution in [2.45, 2.75) is 63.5 Å². The van der Waals surface area contributed by atoms with E-state index in [1.165, 1.54) is 51.4 Å². The molecule has 74 valence electrons. The Kier molecular flexibility index (Phi) is 2.08. The van der Waals surface area contributed by atoms with Gasteiger partial charge in [0.1, 0.15) is 0 Å². The van der Waals surface area contributed by atoms with Crippen LogP contribution >= 0.6 is 0 Å².